The maximum atomic E-state index is 12.7. The zero-order valence-corrected chi connectivity index (χ0v) is 17.6. The van der Waals surface area contributed by atoms with Crippen molar-refractivity contribution in [3.63, 3.8) is 0 Å². The third-order valence-electron chi connectivity index (χ3n) is 4.09. The molecule has 0 fully saturated rings. The summed E-state index contributed by atoms with van der Waals surface area (Å²) >= 11 is 0. The summed E-state index contributed by atoms with van der Waals surface area (Å²) in [6.07, 6.45) is -3.43. The number of alkyl halides is 3. The molecular formula is C22H17F3N2O5S. The van der Waals surface area contributed by atoms with Gasteiger partial charge in [0.25, 0.3) is 5.91 Å². The molecule has 0 atom stereocenters. The summed E-state index contributed by atoms with van der Waals surface area (Å²) in [4.78, 5) is 11.4. The van der Waals surface area contributed by atoms with Crippen molar-refractivity contribution in [1.82, 2.24) is 5.43 Å². The number of benzene rings is 3. The second-order valence-electron chi connectivity index (χ2n) is 6.49. The highest BCUT2D eigenvalue weighted by molar-refractivity contribution is 7.87. The van der Waals surface area contributed by atoms with Crippen molar-refractivity contribution in [3.8, 4) is 11.5 Å². The quantitative estimate of drug-likeness (QED) is 0.300. The molecule has 0 aromatic heterocycles. The summed E-state index contributed by atoms with van der Waals surface area (Å²) < 4.78 is 73.4. The smallest absolute Gasteiger partial charge is 0.416 e. The number of ether oxygens (including phenoxy) is 1. The molecule has 0 saturated carbocycles. The van der Waals surface area contributed by atoms with E-state index in [0.29, 0.717) is 17.9 Å². The minimum atomic E-state index is -4.59. The third kappa shape index (κ3) is 6.81. The zero-order chi connectivity index (χ0) is 23.9. The minimum Gasteiger partial charge on any atom is -0.484 e. The van der Waals surface area contributed by atoms with E-state index in [9.17, 15) is 26.4 Å². The maximum Gasteiger partial charge on any atom is 0.416 e. The zero-order valence-electron chi connectivity index (χ0n) is 16.8. The van der Waals surface area contributed by atoms with Crippen LogP contribution in [0.15, 0.2) is 88.9 Å². The lowest BCUT2D eigenvalue weighted by Crippen LogP contribution is -2.24. The number of carbonyl (C=O) groups excluding carboxylic acids is 1. The van der Waals surface area contributed by atoms with Gasteiger partial charge in [-0.2, -0.15) is 26.7 Å². The molecule has 3 aromatic rings. The molecule has 11 heteroatoms. The largest absolute Gasteiger partial charge is 0.484 e. The maximum absolute atomic E-state index is 12.7. The molecule has 7 nitrogen and oxygen atoms in total. The molecule has 0 aliphatic rings. The molecule has 0 unspecified atom stereocenters. The van der Waals surface area contributed by atoms with Gasteiger partial charge in [-0.25, -0.2) is 5.43 Å². The van der Waals surface area contributed by atoms with E-state index in [1.165, 1.54) is 18.2 Å². The molecule has 0 spiro atoms. The van der Waals surface area contributed by atoms with Gasteiger partial charge in [-0.1, -0.05) is 30.3 Å². The summed E-state index contributed by atoms with van der Waals surface area (Å²) in [5.41, 5.74) is 1.46. The van der Waals surface area contributed by atoms with Gasteiger partial charge in [0, 0.05) is 5.56 Å². The van der Waals surface area contributed by atoms with E-state index in [1.807, 2.05) is 0 Å². The van der Waals surface area contributed by atoms with Crippen LogP contribution < -0.4 is 14.3 Å². The summed E-state index contributed by atoms with van der Waals surface area (Å²) in [6, 6.07) is 17.5. The van der Waals surface area contributed by atoms with Crippen molar-refractivity contribution in [2.24, 2.45) is 5.10 Å². The van der Waals surface area contributed by atoms with Crippen LogP contribution in [0.4, 0.5) is 13.2 Å². The Balaban J connectivity index is 1.65. The Hall–Kier alpha value is -3.86. The summed E-state index contributed by atoms with van der Waals surface area (Å²) in [6.45, 7) is -0.290. The molecule has 1 N–H and O–H groups in total. The molecule has 172 valence electrons. The van der Waals surface area contributed by atoms with Crippen LogP contribution in [0.3, 0.4) is 0 Å². The fourth-order valence-corrected chi connectivity index (χ4v) is 3.47. The number of hydrogen-bond acceptors (Lipinski definition) is 6. The Morgan fingerprint density at radius 3 is 2.24 bits per heavy atom. The highest BCUT2D eigenvalue weighted by Gasteiger charge is 2.31. The third-order valence-corrected chi connectivity index (χ3v) is 5.34. The Labute approximate surface area is 187 Å². The standard InChI is InChI=1S/C22H17F3N2O5S/c23-22(24,25)17-10-12-19(13-11-17)33(29,30)32-20-9-5-4-6-16(20)14-26-27-21(28)15-31-18-7-2-1-3-8-18/h1-14H,15H2,(H,27,28). The van der Waals surface area contributed by atoms with Gasteiger partial charge in [0.15, 0.2) is 12.4 Å². The van der Waals surface area contributed by atoms with Crippen molar-refractivity contribution < 1.29 is 35.3 Å². The Morgan fingerprint density at radius 1 is 0.939 bits per heavy atom. The molecule has 0 heterocycles. The predicted octanol–water partition coefficient (Wildman–Crippen LogP) is 4.00. The van der Waals surface area contributed by atoms with Gasteiger partial charge in [0.05, 0.1) is 11.8 Å². The molecule has 33 heavy (non-hydrogen) atoms. The van der Waals surface area contributed by atoms with Crippen molar-refractivity contribution in [2.45, 2.75) is 11.1 Å². The number of halogens is 3. The van der Waals surface area contributed by atoms with E-state index in [4.69, 9.17) is 8.92 Å². The molecule has 0 saturated heterocycles. The summed E-state index contributed by atoms with van der Waals surface area (Å²) in [5.74, 6) is -0.175. The van der Waals surface area contributed by atoms with E-state index >= 15 is 0 Å². The molecule has 0 radical (unpaired) electrons. The fraction of sp³-hybridized carbons (Fsp3) is 0.0909. The second kappa shape index (κ2) is 10.2. The lowest BCUT2D eigenvalue weighted by Gasteiger charge is -2.11. The van der Waals surface area contributed by atoms with E-state index in [2.05, 4.69) is 10.5 Å². The number of amides is 1. The van der Waals surface area contributed by atoms with Gasteiger partial charge in [0.1, 0.15) is 10.6 Å². The topological polar surface area (TPSA) is 94.1 Å². The van der Waals surface area contributed by atoms with E-state index < -0.39 is 32.7 Å². The van der Waals surface area contributed by atoms with Crippen molar-refractivity contribution >= 4 is 22.2 Å². The second-order valence-corrected chi connectivity index (χ2v) is 8.04. The first kappa shape index (κ1) is 23.8. The molecular weight excluding hydrogens is 461 g/mol. The fourth-order valence-electron chi connectivity index (χ4n) is 2.51. The first-order valence-electron chi connectivity index (χ1n) is 9.36. The van der Waals surface area contributed by atoms with Crippen LogP contribution in [0.1, 0.15) is 11.1 Å². The minimum absolute atomic E-state index is 0.129. The Morgan fingerprint density at radius 2 is 1.58 bits per heavy atom. The first-order valence-corrected chi connectivity index (χ1v) is 10.8. The van der Waals surface area contributed by atoms with Gasteiger partial charge in [0.2, 0.25) is 0 Å². The highest BCUT2D eigenvalue weighted by atomic mass is 32.2. The van der Waals surface area contributed by atoms with E-state index in [-0.39, 0.29) is 17.9 Å². The molecule has 0 aliphatic heterocycles. The number of nitrogens with zero attached hydrogens (tertiary/aromatic N) is 1. The summed E-state index contributed by atoms with van der Waals surface area (Å²) in [5, 5.41) is 3.75. The molecule has 0 bridgehead atoms. The van der Waals surface area contributed by atoms with Crippen LogP contribution in [0.25, 0.3) is 0 Å². The first-order chi connectivity index (χ1) is 15.6. The lowest BCUT2D eigenvalue weighted by atomic mass is 10.2. The van der Waals surface area contributed by atoms with Gasteiger partial charge in [-0.15, -0.1) is 0 Å². The number of carbonyl (C=O) groups is 1. The number of para-hydroxylation sites is 2. The molecule has 3 aromatic carbocycles. The molecule has 3 rings (SSSR count). The summed E-state index contributed by atoms with van der Waals surface area (Å²) in [7, 11) is -4.42. The SMILES string of the molecule is O=C(COc1ccccc1)NN=Cc1ccccc1OS(=O)(=O)c1ccc(C(F)(F)F)cc1. The van der Waals surface area contributed by atoms with E-state index in [0.717, 1.165) is 18.3 Å². The number of nitrogens with one attached hydrogen (secondary N) is 1. The monoisotopic (exact) mass is 478 g/mol. The van der Waals surface area contributed by atoms with Crippen molar-refractivity contribution in [1.29, 1.82) is 0 Å². The number of hydrogen-bond donors (Lipinski definition) is 1. The van der Waals surface area contributed by atoms with Crippen LogP contribution in [-0.4, -0.2) is 27.1 Å². The van der Waals surface area contributed by atoms with Gasteiger partial charge in [-0.05, 0) is 48.5 Å². The molecule has 0 aliphatic carbocycles. The normalized spacial score (nSPS) is 11.8. The lowest BCUT2D eigenvalue weighted by molar-refractivity contribution is -0.137. The number of hydrazone groups is 1. The Kier molecular flexibility index (Phi) is 7.34. The number of rotatable bonds is 8. The predicted molar refractivity (Wildman–Crippen MR) is 113 cm³/mol. The average Bonchev–Trinajstić information content (AvgIpc) is 2.79. The van der Waals surface area contributed by atoms with Crippen LogP contribution >= 0.6 is 0 Å². The van der Waals surface area contributed by atoms with E-state index in [1.54, 1.807) is 36.4 Å². The Bertz CT molecular complexity index is 1230. The van der Waals surface area contributed by atoms with Gasteiger partial charge < -0.3 is 8.92 Å². The van der Waals surface area contributed by atoms with Crippen molar-refractivity contribution in [3.05, 3.63) is 90.0 Å². The molecule has 1 amide bonds. The van der Waals surface area contributed by atoms with Crippen molar-refractivity contribution in [2.75, 3.05) is 6.61 Å². The van der Waals surface area contributed by atoms with Gasteiger partial charge in [-0.3, -0.25) is 4.79 Å². The van der Waals surface area contributed by atoms with Crippen LogP contribution in [-0.2, 0) is 21.1 Å². The van der Waals surface area contributed by atoms with Crippen LogP contribution in [0.2, 0.25) is 0 Å². The average molecular weight is 478 g/mol. The van der Waals surface area contributed by atoms with Crippen LogP contribution in [0.5, 0.6) is 11.5 Å². The van der Waals surface area contributed by atoms with Gasteiger partial charge >= 0.3 is 16.3 Å². The highest BCUT2D eigenvalue weighted by Crippen LogP contribution is 2.30. The van der Waals surface area contributed by atoms with Crippen LogP contribution in [0, 0.1) is 0 Å².